The molecule has 2 aromatic rings. The number of aromatic nitrogens is 1. The first-order chi connectivity index (χ1) is 12.9. The fraction of sp³-hybridized carbons (Fsp3) is 0.409. The number of hydrogen-bond acceptors (Lipinski definition) is 4. The highest BCUT2D eigenvalue weighted by Crippen LogP contribution is 2.42. The van der Waals surface area contributed by atoms with Crippen LogP contribution in [0.2, 0.25) is 0 Å². The maximum atomic E-state index is 4.35. The van der Waals surface area contributed by atoms with Crippen molar-refractivity contribution in [3.63, 3.8) is 0 Å². The maximum absolute atomic E-state index is 4.35. The third-order valence-corrected chi connectivity index (χ3v) is 7.19. The van der Waals surface area contributed by atoms with Gasteiger partial charge in [0.05, 0.1) is 6.04 Å². The van der Waals surface area contributed by atoms with Crippen molar-refractivity contribution < 1.29 is 0 Å². The molecule has 2 aromatic heterocycles. The van der Waals surface area contributed by atoms with E-state index in [0.717, 1.165) is 12.3 Å². The molecule has 6 heterocycles. The summed E-state index contributed by atoms with van der Waals surface area (Å²) in [4.78, 5) is 11.2. The predicted octanol–water partition coefficient (Wildman–Crippen LogP) is 4.28. The van der Waals surface area contributed by atoms with Gasteiger partial charge in [0.15, 0.2) is 0 Å². The van der Waals surface area contributed by atoms with E-state index in [2.05, 4.69) is 68.9 Å². The Morgan fingerprint density at radius 2 is 2.04 bits per heavy atom. The van der Waals surface area contributed by atoms with Gasteiger partial charge in [-0.05, 0) is 67.4 Å². The van der Waals surface area contributed by atoms with E-state index in [-0.39, 0.29) is 0 Å². The zero-order chi connectivity index (χ0) is 17.3. The van der Waals surface area contributed by atoms with E-state index in [1.807, 2.05) is 23.7 Å². The number of thiophene rings is 1. The molecule has 3 atom stereocenters. The van der Waals surface area contributed by atoms with Crippen LogP contribution < -0.4 is 0 Å². The molecule has 0 radical (unpaired) electrons. The average Bonchev–Trinajstić information content (AvgIpc) is 3.24. The molecule has 0 N–H and O–H groups in total. The summed E-state index contributed by atoms with van der Waals surface area (Å²) in [7, 11) is 0. The lowest BCUT2D eigenvalue weighted by atomic mass is 9.75. The fourth-order valence-corrected chi connectivity index (χ4v) is 5.88. The van der Waals surface area contributed by atoms with Crippen molar-refractivity contribution in [3.05, 3.63) is 76.9 Å². The molecule has 3 nitrogen and oxygen atoms in total. The van der Waals surface area contributed by atoms with E-state index in [1.165, 1.54) is 36.4 Å². The number of rotatable bonds is 4. The molecule has 4 aliphatic rings. The van der Waals surface area contributed by atoms with Crippen LogP contribution >= 0.6 is 11.3 Å². The van der Waals surface area contributed by atoms with Gasteiger partial charge in [-0.3, -0.25) is 9.88 Å². The fourth-order valence-electron chi connectivity index (χ4n) is 5.07. The van der Waals surface area contributed by atoms with Crippen molar-refractivity contribution in [2.75, 3.05) is 13.1 Å². The summed E-state index contributed by atoms with van der Waals surface area (Å²) >= 11 is 1.87. The molecule has 1 unspecified atom stereocenters. The Kier molecular flexibility index (Phi) is 4.39. The highest BCUT2D eigenvalue weighted by molar-refractivity contribution is 7.10. The van der Waals surface area contributed by atoms with E-state index in [9.17, 15) is 0 Å². The smallest absolute Gasteiger partial charge is 0.0820 e. The molecule has 0 saturated carbocycles. The first-order valence-corrected chi connectivity index (χ1v) is 10.6. The lowest BCUT2D eigenvalue weighted by Crippen LogP contribution is -2.63. The zero-order valence-electron chi connectivity index (χ0n) is 14.9. The molecule has 134 valence electrons. The molecular weight excluding hydrogens is 338 g/mol. The Morgan fingerprint density at radius 3 is 2.81 bits per heavy atom. The summed E-state index contributed by atoms with van der Waals surface area (Å²) in [6.07, 6.45) is 16.8. The van der Waals surface area contributed by atoms with Gasteiger partial charge in [-0.2, -0.15) is 0 Å². The average molecular weight is 364 g/mol. The van der Waals surface area contributed by atoms with Crippen molar-refractivity contribution >= 4 is 11.3 Å². The molecular formula is C22H25N3S. The lowest BCUT2D eigenvalue weighted by molar-refractivity contribution is -0.0355. The molecule has 6 rings (SSSR count). The van der Waals surface area contributed by atoms with Gasteiger partial charge in [0.2, 0.25) is 0 Å². The van der Waals surface area contributed by atoms with E-state index in [0.29, 0.717) is 18.1 Å². The van der Waals surface area contributed by atoms with E-state index < -0.39 is 0 Å². The Labute approximate surface area is 159 Å². The van der Waals surface area contributed by atoms with Gasteiger partial charge in [-0.25, -0.2) is 0 Å². The molecule has 3 saturated heterocycles. The van der Waals surface area contributed by atoms with Gasteiger partial charge in [0, 0.05) is 35.6 Å². The topological polar surface area (TPSA) is 19.4 Å². The van der Waals surface area contributed by atoms with Crippen molar-refractivity contribution in [1.29, 1.82) is 0 Å². The monoisotopic (exact) mass is 363 g/mol. The van der Waals surface area contributed by atoms with Crippen LogP contribution in [0, 0.1) is 5.92 Å². The Balaban J connectivity index is 1.48. The van der Waals surface area contributed by atoms with Crippen LogP contribution in [0.3, 0.4) is 0 Å². The van der Waals surface area contributed by atoms with Crippen LogP contribution in [0.1, 0.15) is 29.3 Å². The number of nitrogens with zero attached hydrogens (tertiary/aromatic N) is 3. The largest absolute Gasteiger partial charge is 0.361 e. The summed E-state index contributed by atoms with van der Waals surface area (Å²) in [5.41, 5.74) is 1.36. The minimum atomic E-state index is 0.377. The minimum absolute atomic E-state index is 0.377. The summed E-state index contributed by atoms with van der Waals surface area (Å²) in [5.74, 6) is 0.792. The van der Waals surface area contributed by atoms with Crippen molar-refractivity contribution in [1.82, 2.24) is 14.8 Å². The van der Waals surface area contributed by atoms with E-state index >= 15 is 0 Å². The number of fused-ring (bicyclic) bond motifs is 3. The molecule has 0 spiro atoms. The van der Waals surface area contributed by atoms with Gasteiger partial charge in [-0.1, -0.05) is 24.3 Å². The predicted molar refractivity (Wildman–Crippen MR) is 107 cm³/mol. The molecule has 0 aromatic carbocycles. The standard InChI is InChI=1S/C22H25N3S/c1-2-11-25(19(6-1)21-7-4-14-26-21)22-18-8-12-24(13-9-18)20(22)15-17-5-3-10-23-16-17/h1-7,10-11,14,16,18-20,22H,8-9,12-13,15H2/t19-,20?,22+/m0/s1. The third kappa shape index (κ3) is 2.91. The van der Waals surface area contributed by atoms with Crippen LogP contribution in [0.4, 0.5) is 0 Å². The third-order valence-electron chi connectivity index (χ3n) is 6.25. The minimum Gasteiger partial charge on any atom is -0.361 e. The second kappa shape index (κ2) is 7.01. The van der Waals surface area contributed by atoms with Gasteiger partial charge in [0.25, 0.3) is 0 Å². The van der Waals surface area contributed by atoms with Crippen molar-refractivity contribution in [3.8, 4) is 0 Å². The molecule has 3 fully saturated rings. The Hall–Kier alpha value is -1.91. The molecule has 0 amide bonds. The SMILES string of the molecule is C1=C[C@@H](c2cccs2)N([C@@H]2C3CCN(CC3)C2Cc2cccnc2)C=C1. The van der Waals surface area contributed by atoms with Crippen molar-refractivity contribution in [2.45, 2.75) is 37.4 Å². The summed E-state index contributed by atoms with van der Waals surface area (Å²) in [6.45, 7) is 2.51. The lowest BCUT2D eigenvalue weighted by Gasteiger charge is -2.56. The number of allylic oxidation sites excluding steroid dienone is 2. The summed E-state index contributed by atoms with van der Waals surface area (Å²) in [6, 6.07) is 10.3. The summed E-state index contributed by atoms with van der Waals surface area (Å²) < 4.78 is 0. The first kappa shape index (κ1) is 16.3. The normalized spacial score (nSPS) is 32.9. The molecule has 2 bridgehead atoms. The number of piperidine rings is 3. The van der Waals surface area contributed by atoms with Crippen LogP contribution in [0.5, 0.6) is 0 Å². The Morgan fingerprint density at radius 1 is 1.12 bits per heavy atom. The number of hydrogen-bond donors (Lipinski definition) is 0. The van der Waals surface area contributed by atoms with Crippen LogP contribution in [-0.2, 0) is 6.42 Å². The summed E-state index contributed by atoms with van der Waals surface area (Å²) in [5, 5.41) is 2.20. The van der Waals surface area contributed by atoms with Crippen LogP contribution in [-0.4, -0.2) is 40.0 Å². The van der Waals surface area contributed by atoms with Gasteiger partial charge >= 0.3 is 0 Å². The van der Waals surface area contributed by atoms with Gasteiger partial charge in [-0.15, -0.1) is 11.3 Å². The Bertz CT molecular complexity index is 775. The van der Waals surface area contributed by atoms with Crippen LogP contribution in [0.25, 0.3) is 0 Å². The van der Waals surface area contributed by atoms with E-state index in [1.54, 1.807) is 0 Å². The highest BCUT2D eigenvalue weighted by atomic mass is 32.1. The van der Waals surface area contributed by atoms with E-state index in [4.69, 9.17) is 0 Å². The van der Waals surface area contributed by atoms with Gasteiger partial charge in [0.1, 0.15) is 0 Å². The molecule has 0 aliphatic carbocycles. The van der Waals surface area contributed by atoms with Crippen molar-refractivity contribution in [2.24, 2.45) is 5.92 Å². The molecule has 26 heavy (non-hydrogen) atoms. The first-order valence-electron chi connectivity index (χ1n) is 9.69. The second-order valence-corrected chi connectivity index (χ2v) is 8.61. The molecule has 4 aliphatic heterocycles. The second-order valence-electron chi connectivity index (χ2n) is 7.63. The quantitative estimate of drug-likeness (QED) is 0.808. The molecule has 4 heteroatoms. The van der Waals surface area contributed by atoms with Gasteiger partial charge < -0.3 is 4.90 Å². The highest BCUT2D eigenvalue weighted by Gasteiger charge is 2.45. The zero-order valence-corrected chi connectivity index (χ0v) is 15.8. The maximum Gasteiger partial charge on any atom is 0.0820 e. The number of pyridine rings is 1. The van der Waals surface area contributed by atoms with Crippen LogP contribution in [0.15, 0.2) is 66.5 Å².